The number of hydrogen-bond donors (Lipinski definition) is 2. The summed E-state index contributed by atoms with van der Waals surface area (Å²) in [4.78, 5) is 27.0. The number of ketones is 1. The van der Waals surface area contributed by atoms with Crippen LogP contribution in [0.3, 0.4) is 0 Å². The second kappa shape index (κ2) is 8.92. The first-order valence-corrected chi connectivity index (χ1v) is 9.63. The number of ether oxygens (including phenoxy) is 1. The number of rotatable bonds is 7. The van der Waals surface area contributed by atoms with Crippen molar-refractivity contribution in [2.24, 2.45) is 0 Å². The average Bonchev–Trinajstić information content (AvgIpc) is 2.99. The summed E-state index contributed by atoms with van der Waals surface area (Å²) in [5.41, 5.74) is 2.30. The van der Waals surface area contributed by atoms with Gasteiger partial charge in [-0.15, -0.1) is 0 Å². The third-order valence-corrected chi connectivity index (χ3v) is 5.13. The second-order valence-corrected chi connectivity index (χ2v) is 6.98. The Bertz CT molecular complexity index is 915. The Morgan fingerprint density at radius 1 is 1.07 bits per heavy atom. The first-order chi connectivity index (χ1) is 14.0. The smallest absolute Gasteiger partial charge is 0.295 e. The van der Waals surface area contributed by atoms with Gasteiger partial charge in [-0.3, -0.25) is 9.59 Å². The van der Waals surface area contributed by atoms with Crippen LogP contribution >= 0.6 is 0 Å². The number of amides is 1. The van der Waals surface area contributed by atoms with Crippen molar-refractivity contribution >= 4 is 17.4 Å². The van der Waals surface area contributed by atoms with E-state index >= 15 is 0 Å². The normalized spacial score (nSPS) is 18.4. The monoisotopic (exact) mass is 395 g/mol. The van der Waals surface area contributed by atoms with Crippen LogP contribution in [0.15, 0.2) is 54.1 Å². The lowest BCUT2D eigenvalue weighted by molar-refractivity contribution is -0.140. The Kier molecular flexibility index (Phi) is 6.34. The number of hydrogen-bond acceptors (Lipinski definition) is 5. The zero-order chi connectivity index (χ0) is 21.0. The van der Waals surface area contributed by atoms with Gasteiger partial charge in [-0.25, -0.2) is 0 Å². The quantitative estimate of drug-likeness (QED) is 0.325. The van der Waals surface area contributed by atoms with E-state index in [1.54, 1.807) is 31.4 Å². The van der Waals surface area contributed by atoms with Gasteiger partial charge in [0.15, 0.2) is 0 Å². The molecule has 152 valence electrons. The zero-order valence-corrected chi connectivity index (χ0v) is 16.6. The summed E-state index contributed by atoms with van der Waals surface area (Å²) in [6.07, 6.45) is 1.42. The molecule has 1 fully saturated rings. The van der Waals surface area contributed by atoms with Gasteiger partial charge in [0.25, 0.3) is 11.7 Å². The molecule has 1 amide bonds. The molecule has 1 aliphatic rings. The maximum atomic E-state index is 12.8. The number of carbonyl (C=O) groups excluding carboxylic acids is 2. The van der Waals surface area contributed by atoms with Crippen molar-refractivity contribution in [3.05, 3.63) is 70.8 Å². The summed E-state index contributed by atoms with van der Waals surface area (Å²) in [6, 6.07) is 12.9. The van der Waals surface area contributed by atoms with E-state index in [0.717, 1.165) is 12.0 Å². The van der Waals surface area contributed by atoms with E-state index in [1.807, 2.05) is 19.1 Å². The van der Waals surface area contributed by atoms with E-state index in [9.17, 15) is 19.8 Å². The SMILES string of the molecule is CCc1ccc(/C(O)=C2/C(=O)C(=O)N(CCCOC)C2c2ccc(O)cc2)cc1. The van der Waals surface area contributed by atoms with Gasteiger partial charge in [-0.2, -0.15) is 0 Å². The number of aliphatic hydroxyl groups is 1. The number of aromatic hydroxyl groups is 1. The van der Waals surface area contributed by atoms with Crippen LogP contribution in [-0.2, 0) is 20.7 Å². The molecule has 0 saturated carbocycles. The Hall–Kier alpha value is -3.12. The fourth-order valence-electron chi connectivity index (χ4n) is 3.55. The molecule has 2 aromatic carbocycles. The number of nitrogens with zero attached hydrogens (tertiary/aromatic N) is 1. The van der Waals surface area contributed by atoms with Crippen molar-refractivity contribution in [3.8, 4) is 5.75 Å². The average molecular weight is 395 g/mol. The summed E-state index contributed by atoms with van der Waals surface area (Å²) < 4.78 is 5.07. The largest absolute Gasteiger partial charge is 0.508 e. The topological polar surface area (TPSA) is 87.1 Å². The highest BCUT2D eigenvalue weighted by molar-refractivity contribution is 6.46. The summed E-state index contributed by atoms with van der Waals surface area (Å²) >= 11 is 0. The molecule has 6 nitrogen and oxygen atoms in total. The molecule has 1 heterocycles. The standard InChI is InChI=1S/C23H25NO5/c1-3-15-5-7-17(8-6-15)21(26)19-20(16-9-11-18(25)12-10-16)24(13-4-14-29-2)23(28)22(19)27/h5-12,20,25-26H,3-4,13-14H2,1-2H3/b21-19-. The van der Waals surface area contributed by atoms with Crippen LogP contribution in [0.4, 0.5) is 0 Å². The van der Waals surface area contributed by atoms with E-state index < -0.39 is 17.7 Å². The molecule has 2 aromatic rings. The van der Waals surface area contributed by atoms with Crippen LogP contribution in [0.25, 0.3) is 5.76 Å². The van der Waals surface area contributed by atoms with Crippen LogP contribution < -0.4 is 0 Å². The molecule has 3 rings (SSSR count). The molecule has 1 aliphatic heterocycles. The zero-order valence-electron chi connectivity index (χ0n) is 16.6. The van der Waals surface area contributed by atoms with Gasteiger partial charge in [-0.05, 0) is 36.1 Å². The number of phenols is 1. The minimum absolute atomic E-state index is 0.0577. The number of likely N-dealkylation sites (tertiary alicyclic amines) is 1. The molecule has 1 unspecified atom stereocenters. The maximum absolute atomic E-state index is 12.8. The van der Waals surface area contributed by atoms with Crippen molar-refractivity contribution in [1.29, 1.82) is 0 Å². The molecular weight excluding hydrogens is 370 g/mol. The van der Waals surface area contributed by atoms with Crippen molar-refractivity contribution in [1.82, 2.24) is 4.90 Å². The predicted octanol–water partition coefficient (Wildman–Crippen LogP) is 3.41. The van der Waals surface area contributed by atoms with Gasteiger partial charge < -0.3 is 19.8 Å². The first kappa shape index (κ1) is 20.6. The van der Waals surface area contributed by atoms with E-state index in [4.69, 9.17) is 4.74 Å². The van der Waals surface area contributed by atoms with Gasteiger partial charge in [-0.1, -0.05) is 43.3 Å². The molecule has 1 atom stereocenters. The Balaban J connectivity index is 2.09. The number of Topliss-reactive ketones (excluding diaryl/α,β-unsaturated/α-hetero) is 1. The third kappa shape index (κ3) is 4.17. The van der Waals surface area contributed by atoms with Crippen LogP contribution in [0.5, 0.6) is 5.75 Å². The Labute approximate surface area is 170 Å². The Morgan fingerprint density at radius 3 is 2.31 bits per heavy atom. The van der Waals surface area contributed by atoms with Gasteiger partial charge in [0, 0.05) is 25.8 Å². The number of carbonyl (C=O) groups is 2. The molecule has 0 bridgehead atoms. The van der Waals surface area contributed by atoms with Crippen LogP contribution in [0.1, 0.15) is 36.1 Å². The third-order valence-electron chi connectivity index (χ3n) is 5.13. The maximum Gasteiger partial charge on any atom is 0.295 e. The number of phenolic OH excluding ortho intramolecular Hbond substituents is 1. The lowest BCUT2D eigenvalue weighted by Crippen LogP contribution is -2.31. The minimum Gasteiger partial charge on any atom is -0.508 e. The molecule has 0 aliphatic carbocycles. The lowest BCUT2D eigenvalue weighted by Gasteiger charge is -2.25. The summed E-state index contributed by atoms with van der Waals surface area (Å²) in [5, 5.41) is 20.6. The molecule has 6 heteroatoms. The molecular formula is C23H25NO5. The highest BCUT2D eigenvalue weighted by Crippen LogP contribution is 2.39. The number of benzene rings is 2. The summed E-state index contributed by atoms with van der Waals surface area (Å²) in [7, 11) is 1.57. The molecule has 0 spiro atoms. The highest BCUT2D eigenvalue weighted by atomic mass is 16.5. The van der Waals surface area contributed by atoms with Gasteiger partial charge in [0.05, 0.1) is 11.6 Å². The number of methoxy groups -OCH3 is 1. The van der Waals surface area contributed by atoms with E-state index in [0.29, 0.717) is 30.7 Å². The molecule has 29 heavy (non-hydrogen) atoms. The highest BCUT2D eigenvalue weighted by Gasteiger charge is 2.45. The van der Waals surface area contributed by atoms with E-state index in [-0.39, 0.29) is 17.1 Å². The minimum atomic E-state index is -0.724. The molecule has 0 aromatic heterocycles. The Morgan fingerprint density at radius 2 is 1.72 bits per heavy atom. The molecule has 1 saturated heterocycles. The fraction of sp³-hybridized carbons (Fsp3) is 0.304. The van der Waals surface area contributed by atoms with Gasteiger partial charge in [0.1, 0.15) is 11.5 Å². The summed E-state index contributed by atoms with van der Waals surface area (Å²) in [5.74, 6) is -1.47. The fourth-order valence-corrected chi connectivity index (χ4v) is 3.55. The number of aryl methyl sites for hydroxylation is 1. The number of aliphatic hydroxyl groups excluding tert-OH is 1. The van der Waals surface area contributed by atoms with E-state index in [1.165, 1.54) is 17.0 Å². The summed E-state index contributed by atoms with van der Waals surface area (Å²) in [6.45, 7) is 2.80. The second-order valence-electron chi connectivity index (χ2n) is 6.98. The van der Waals surface area contributed by atoms with Gasteiger partial charge >= 0.3 is 0 Å². The first-order valence-electron chi connectivity index (χ1n) is 9.63. The van der Waals surface area contributed by atoms with E-state index in [2.05, 4.69) is 0 Å². The predicted molar refractivity (Wildman–Crippen MR) is 109 cm³/mol. The van der Waals surface area contributed by atoms with Crippen LogP contribution in [-0.4, -0.2) is 47.1 Å². The van der Waals surface area contributed by atoms with Gasteiger partial charge in [0.2, 0.25) is 0 Å². The lowest BCUT2D eigenvalue weighted by atomic mass is 9.95. The van der Waals surface area contributed by atoms with Crippen molar-refractivity contribution in [2.75, 3.05) is 20.3 Å². The molecule has 0 radical (unpaired) electrons. The van der Waals surface area contributed by atoms with Crippen molar-refractivity contribution in [3.63, 3.8) is 0 Å². The molecule has 2 N–H and O–H groups in total. The van der Waals surface area contributed by atoms with Crippen LogP contribution in [0, 0.1) is 0 Å². The van der Waals surface area contributed by atoms with Crippen LogP contribution in [0.2, 0.25) is 0 Å². The van der Waals surface area contributed by atoms with Crippen molar-refractivity contribution in [2.45, 2.75) is 25.8 Å². The van der Waals surface area contributed by atoms with Crippen molar-refractivity contribution < 1.29 is 24.5 Å².